The van der Waals surface area contributed by atoms with Crippen LogP contribution in [0.15, 0.2) is 5.03 Å². The van der Waals surface area contributed by atoms with Gasteiger partial charge in [0.25, 0.3) is 0 Å². The smallest absolute Gasteiger partial charge is 0.389 e. The minimum Gasteiger partial charge on any atom is -0.478 e. The molecule has 0 spiro atoms. The van der Waals surface area contributed by atoms with Crippen molar-refractivity contribution in [2.75, 3.05) is 5.75 Å². The van der Waals surface area contributed by atoms with Crippen molar-refractivity contribution >= 4 is 17.7 Å². The summed E-state index contributed by atoms with van der Waals surface area (Å²) in [6.45, 7) is 3.15. The van der Waals surface area contributed by atoms with Gasteiger partial charge in [-0.2, -0.15) is 13.2 Å². The third-order valence-corrected chi connectivity index (χ3v) is 3.29. The zero-order valence-electron chi connectivity index (χ0n) is 10.4. The number of aromatic carboxylic acids is 1. The first kappa shape index (κ1) is 15.7. The number of aromatic nitrogens is 2. The summed E-state index contributed by atoms with van der Waals surface area (Å²) < 4.78 is 36.0. The average Bonchev–Trinajstić information content (AvgIpc) is 2.21. The molecule has 0 aliphatic rings. The molecule has 1 rings (SSSR count). The number of thioether (sulfide) groups is 1. The zero-order valence-corrected chi connectivity index (χ0v) is 11.2. The summed E-state index contributed by atoms with van der Waals surface area (Å²) in [6.07, 6.45) is -5.14. The Labute approximate surface area is 112 Å². The molecule has 0 atom stereocenters. The third-order valence-electron chi connectivity index (χ3n) is 2.23. The number of rotatable bonds is 5. The SMILES string of the molecule is Cc1nc(C)c(C(=O)O)c(SCCCC(F)(F)F)n1. The molecule has 0 saturated heterocycles. The van der Waals surface area contributed by atoms with Gasteiger partial charge in [-0.3, -0.25) is 0 Å². The number of carboxylic acids is 1. The summed E-state index contributed by atoms with van der Waals surface area (Å²) in [6, 6.07) is 0. The van der Waals surface area contributed by atoms with Crippen LogP contribution < -0.4 is 0 Å². The topological polar surface area (TPSA) is 63.1 Å². The van der Waals surface area contributed by atoms with Crippen LogP contribution in [0.5, 0.6) is 0 Å². The Bertz CT molecular complexity index is 478. The van der Waals surface area contributed by atoms with Gasteiger partial charge in [-0.05, 0) is 26.0 Å². The van der Waals surface area contributed by atoms with Gasteiger partial charge in [0, 0.05) is 6.42 Å². The molecule has 0 radical (unpaired) electrons. The van der Waals surface area contributed by atoms with E-state index >= 15 is 0 Å². The van der Waals surface area contributed by atoms with E-state index in [-0.39, 0.29) is 22.8 Å². The second-order valence-corrected chi connectivity index (χ2v) is 4.99. The third kappa shape index (κ3) is 5.06. The van der Waals surface area contributed by atoms with Crippen LogP contribution in [0.1, 0.15) is 34.7 Å². The maximum Gasteiger partial charge on any atom is 0.389 e. The summed E-state index contributed by atoms with van der Waals surface area (Å²) in [5, 5.41) is 9.27. The number of carbonyl (C=O) groups is 1. The van der Waals surface area contributed by atoms with E-state index in [1.54, 1.807) is 6.92 Å². The highest BCUT2D eigenvalue weighted by Crippen LogP contribution is 2.27. The first-order valence-electron chi connectivity index (χ1n) is 5.49. The maximum absolute atomic E-state index is 12.0. The molecule has 1 aromatic heterocycles. The lowest BCUT2D eigenvalue weighted by atomic mass is 10.2. The van der Waals surface area contributed by atoms with Gasteiger partial charge in [-0.25, -0.2) is 14.8 Å². The standard InChI is InChI=1S/C11H13F3N2O2S/c1-6-8(10(17)18)9(16-7(2)15-6)19-5-3-4-11(12,13)14/h3-5H2,1-2H3,(H,17,18). The Hall–Kier alpha value is -1.31. The highest BCUT2D eigenvalue weighted by Gasteiger charge is 2.26. The molecule has 0 bridgehead atoms. The first-order valence-corrected chi connectivity index (χ1v) is 6.47. The first-order chi connectivity index (χ1) is 8.70. The lowest BCUT2D eigenvalue weighted by molar-refractivity contribution is -0.134. The summed E-state index contributed by atoms with van der Waals surface area (Å²) in [5.74, 6) is -0.605. The monoisotopic (exact) mass is 294 g/mol. The molecular formula is C11H13F3N2O2S. The van der Waals surface area contributed by atoms with E-state index in [4.69, 9.17) is 5.11 Å². The fourth-order valence-electron chi connectivity index (χ4n) is 1.47. The number of carboxylic acid groups (broad SMARTS) is 1. The lowest BCUT2D eigenvalue weighted by Crippen LogP contribution is -2.09. The molecule has 1 heterocycles. The normalized spacial score (nSPS) is 11.6. The van der Waals surface area contributed by atoms with E-state index in [2.05, 4.69) is 9.97 Å². The number of hydrogen-bond donors (Lipinski definition) is 1. The minimum atomic E-state index is -4.19. The van der Waals surface area contributed by atoms with E-state index < -0.39 is 18.6 Å². The van der Waals surface area contributed by atoms with Gasteiger partial charge in [0.1, 0.15) is 16.4 Å². The van der Waals surface area contributed by atoms with E-state index in [0.717, 1.165) is 11.8 Å². The quantitative estimate of drug-likeness (QED) is 0.513. The van der Waals surface area contributed by atoms with Crippen LogP contribution in [-0.2, 0) is 0 Å². The van der Waals surface area contributed by atoms with Crippen molar-refractivity contribution in [3.63, 3.8) is 0 Å². The predicted octanol–water partition coefficient (Wildman–Crippen LogP) is 3.23. The number of nitrogens with zero attached hydrogens (tertiary/aromatic N) is 2. The van der Waals surface area contributed by atoms with Crippen molar-refractivity contribution in [3.05, 3.63) is 17.1 Å². The van der Waals surface area contributed by atoms with Crippen molar-refractivity contribution in [1.29, 1.82) is 0 Å². The van der Waals surface area contributed by atoms with Crippen molar-refractivity contribution < 1.29 is 23.1 Å². The van der Waals surface area contributed by atoms with Crippen LogP contribution in [0.25, 0.3) is 0 Å². The predicted molar refractivity (Wildman–Crippen MR) is 64.5 cm³/mol. The molecule has 0 amide bonds. The van der Waals surface area contributed by atoms with Crippen LogP contribution in [-0.4, -0.2) is 33.0 Å². The van der Waals surface area contributed by atoms with Gasteiger partial charge in [0.05, 0.1) is 5.69 Å². The van der Waals surface area contributed by atoms with Gasteiger partial charge in [0.15, 0.2) is 0 Å². The van der Waals surface area contributed by atoms with Crippen LogP contribution in [0.2, 0.25) is 0 Å². The largest absolute Gasteiger partial charge is 0.478 e. The zero-order chi connectivity index (χ0) is 14.6. The number of halogens is 3. The molecule has 0 aromatic carbocycles. The second kappa shape index (κ2) is 6.23. The average molecular weight is 294 g/mol. The molecule has 1 N–H and O–H groups in total. The minimum absolute atomic E-state index is 0.0393. The summed E-state index contributed by atoms with van der Waals surface area (Å²) in [4.78, 5) is 19.0. The van der Waals surface area contributed by atoms with Gasteiger partial charge in [-0.1, -0.05) is 0 Å². The number of alkyl halides is 3. The molecule has 0 fully saturated rings. The summed E-state index contributed by atoms with van der Waals surface area (Å²) in [7, 11) is 0. The molecule has 19 heavy (non-hydrogen) atoms. The van der Waals surface area contributed by atoms with Crippen molar-refractivity contribution in [2.24, 2.45) is 0 Å². The van der Waals surface area contributed by atoms with Gasteiger partial charge >= 0.3 is 12.1 Å². The Morgan fingerprint density at radius 2 is 1.95 bits per heavy atom. The summed E-state index contributed by atoms with van der Waals surface area (Å²) >= 11 is 1.01. The molecule has 4 nitrogen and oxygen atoms in total. The second-order valence-electron chi connectivity index (χ2n) is 3.91. The van der Waals surface area contributed by atoms with E-state index in [1.165, 1.54) is 6.92 Å². The van der Waals surface area contributed by atoms with E-state index in [9.17, 15) is 18.0 Å². The van der Waals surface area contributed by atoms with Crippen molar-refractivity contribution in [1.82, 2.24) is 9.97 Å². The lowest BCUT2D eigenvalue weighted by Gasteiger charge is -2.09. The highest BCUT2D eigenvalue weighted by molar-refractivity contribution is 7.99. The Kier molecular flexibility index (Phi) is 5.16. The molecular weight excluding hydrogens is 281 g/mol. The Morgan fingerprint density at radius 1 is 1.32 bits per heavy atom. The van der Waals surface area contributed by atoms with E-state index in [1.807, 2.05) is 0 Å². The van der Waals surface area contributed by atoms with Gasteiger partial charge in [-0.15, -0.1) is 11.8 Å². The molecule has 106 valence electrons. The van der Waals surface area contributed by atoms with Crippen molar-refractivity contribution in [2.45, 2.75) is 37.9 Å². The fourth-order valence-corrected chi connectivity index (χ4v) is 2.53. The molecule has 1 aromatic rings. The molecule has 0 aliphatic carbocycles. The number of hydrogen-bond acceptors (Lipinski definition) is 4. The molecule has 0 aliphatic heterocycles. The Balaban J connectivity index is 2.75. The fraction of sp³-hybridized carbons (Fsp3) is 0.545. The van der Waals surface area contributed by atoms with Gasteiger partial charge in [0.2, 0.25) is 0 Å². The molecule has 0 unspecified atom stereocenters. The highest BCUT2D eigenvalue weighted by atomic mass is 32.2. The van der Waals surface area contributed by atoms with Crippen LogP contribution >= 0.6 is 11.8 Å². The molecule has 0 saturated carbocycles. The number of aryl methyl sites for hydroxylation is 2. The van der Waals surface area contributed by atoms with Crippen LogP contribution in [0.3, 0.4) is 0 Å². The maximum atomic E-state index is 12.0. The van der Waals surface area contributed by atoms with Crippen LogP contribution in [0, 0.1) is 13.8 Å². The van der Waals surface area contributed by atoms with Crippen molar-refractivity contribution in [3.8, 4) is 0 Å². The van der Waals surface area contributed by atoms with Crippen LogP contribution in [0.4, 0.5) is 13.2 Å². The summed E-state index contributed by atoms with van der Waals surface area (Å²) in [5.41, 5.74) is 0.279. The Morgan fingerprint density at radius 3 is 2.47 bits per heavy atom. The van der Waals surface area contributed by atoms with E-state index in [0.29, 0.717) is 11.5 Å². The van der Waals surface area contributed by atoms with Gasteiger partial charge < -0.3 is 5.11 Å². The molecule has 8 heteroatoms.